The minimum Gasteiger partial charge on any atom is -0.481 e. The van der Waals surface area contributed by atoms with Gasteiger partial charge >= 0.3 is 0 Å². The minimum absolute atomic E-state index is 0.191. The average molecular weight is 351 g/mol. The van der Waals surface area contributed by atoms with Crippen LogP contribution in [0.4, 0.5) is 0 Å². The number of carbonyl (C=O) groups excluding carboxylic acids is 1. The number of ether oxygens (including phenoxy) is 1. The van der Waals surface area contributed by atoms with Gasteiger partial charge in [-0.1, -0.05) is 35.5 Å². The first-order valence-corrected chi connectivity index (χ1v) is 8.39. The molecule has 3 aromatic rings. The molecule has 0 bridgehead atoms. The van der Waals surface area contributed by atoms with Crippen LogP contribution in [-0.2, 0) is 6.42 Å². The van der Waals surface area contributed by atoms with Gasteiger partial charge in [-0.2, -0.15) is 0 Å². The summed E-state index contributed by atoms with van der Waals surface area (Å²) in [6, 6.07) is 11.5. The van der Waals surface area contributed by atoms with E-state index in [1.165, 1.54) is 0 Å². The zero-order chi connectivity index (χ0) is 18.5. The highest BCUT2D eigenvalue weighted by Gasteiger charge is 2.22. The van der Waals surface area contributed by atoms with Gasteiger partial charge < -0.3 is 14.6 Å². The molecule has 0 unspecified atom stereocenters. The van der Waals surface area contributed by atoms with Crippen molar-refractivity contribution in [3.8, 4) is 17.2 Å². The van der Waals surface area contributed by atoms with Gasteiger partial charge in [-0.3, -0.25) is 4.79 Å². The predicted molar refractivity (Wildman–Crippen MR) is 98.2 cm³/mol. The van der Waals surface area contributed by atoms with E-state index in [1.807, 2.05) is 37.3 Å². The van der Waals surface area contributed by atoms with E-state index in [0.717, 1.165) is 16.7 Å². The molecule has 0 radical (unpaired) electrons. The van der Waals surface area contributed by atoms with E-state index < -0.39 is 0 Å². The first-order valence-electron chi connectivity index (χ1n) is 8.39. The van der Waals surface area contributed by atoms with Crippen molar-refractivity contribution >= 4 is 5.91 Å². The molecule has 0 atom stereocenters. The van der Waals surface area contributed by atoms with E-state index in [4.69, 9.17) is 9.26 Å². The highest BCUT2D eigenvalue weighted by atomic mass is 16.5. The maximum atomic E-state index is 12.7. The fraction of sp³-hybridized carbons (Fsp3) is 0.250. The molecular weight excluding hydrogens is 330 g/mol. The quantitative estimate of drug-likeness (QED) is 0.737. The van der Waals surface area contributed by atoms with Crippen LogP contribution in [0.25, 0.3) is 11.3 Å². The SMILES string of the molecule is COc1ccc(CCNC(=O)c2c(C)noc2-c2ccccc2C)cn1. The van der Waals surface area contributed by atoms with Crippen molar-refractivity contribution in [2.45, 2.75) is 20.3 Å². The molecule has 134 valence electrons. The van der Waals surface area contributed by atoms with Crippen LogP contribution >= 0.6 is 0 Å². The number of amides is 1. The fourth-order valence-electron chi connectivity index (χ4n) is 2.74. The van der Waals surface area contributed by atoms with Crippen molar-refractivity contribution in [2.24, 2.45) is 0 Å². The zero-order valence-electron chi connectivity index (χ0n) is 15.1. The molecule has 0 saturated carbocycles. The lowest BCUT2D eigenvalue weighted by Crippen LogP contribution is -2.26. The lowest BCUT2D eigenvalue weighted by molar-refractivity contribution is 0.0954. The number of aryl methyl sites for hydroxylation is 2. The Balaban J connectivity index is 1.70. The number of nitrogens with zero attached hydrogens (tertiary/aromatic N) is 2. The Morgan fingerprint density at radius 1 is 1.19 bits per heavy atom. The van der Waals surface area contributed by atoms with Crippen LogP contribution in [0, 0.1) is 13.8 Å². The Hall–Kier alpha value is -3.15. The summed E-state index contributed by atoms with van der Waals surface area (Å²) < 4.78 is 10.5. The van der Waals surface area contributed by atoms with Crippen LogP contribution in [0.5, 0.6) is 5.88 Å². The largest absolute Gasteiger partial charge is 0.481 e. The summed E-state index contributed by atoms with van der Waals surface area (Å²) in [4.78, 5) is 16.8. The molecule has 2 aromatic heterocycles. The molecule has 3 rings (SSSR count). The predicted octanol–water partition coefficient (Wildman–Crippen LogP) is 3.33. The van der Waals surface area contributed by atoms with Crippen molar-refractivity contribution < 1.29 is 14.1 Å². The van der Waals surface area contributed by atoms with Crippen molar-refractivity contribution in [1.82, 2.24) is 15.5 Å². The molecule has 6 nitrogen and oxygen atoms in total. The van der Waals surface area contributed by atoms with Gasteiger partial charge in [0.25, 0.3) is 5.91 Å². The number of hydrogen-bond acceptors (Lipinski definition) is 5. The molecule has 0 aliphatic carbocycles. The number of pyridine rings is 1. The second-order valence-electron chi connectivity index (χ2n) is 6.00. The van der Waals surface area contributed by atoms with Crippen molar-refractivity contribution in [2.75, 3.05) is 13.7 Å². The molecule has 0 aliphatic heterocycles. The van der Waals surface area contributed by atoms with Crippen molar-refractivity contribution in [1.29, 1.82) is 0 Å². The van der Waals surface area contributed by atoms with Gasteiger partial charge in [0.1, 0.15) is 5.56 Å². The number of carbonyl (C=O) groups is 1. The molecule has 0 spiro atoms. The monoisotopic (exact) mass is 351 g/mol. The van der Waals surface area contributed by atoms with E-state index in [2.05, 4.69) is 15.5 Å². The standard InChI is InChI=1S/C20H21N3O3/c1-13-6-4-5-7-16(13)19-18(14(2)23-26-19)20(24)21-11-10-15-8-9-17(25-3)22-12-15/h4-9,12H,10-11H2,1-3H3,(H,21,24). The summed E-state index contributed by atoms with van der Waals surface area (Å²) in [5.74, 6) is 0.883. The molecule has 0 saturated heterocycles. The number of nitrogens with one attached hydrogen (secondary N) is 1. The molecule has 2 heterocycles. The van der Waals surface area contributed by atoms with Gasteiger partial charge in [-0.05, 0) is 31.4 Å². The van der Waals surface area contributed by atoms with Gasteiger partial charge in [0.15, 0.2) is 5.76 Å². The third-order valence-corrected chi connectivity index (χ3v) is 4.19. The Labute approximate surface area is 152 Å². The zero-order valence-corrected chi connectivity index (χ0v) is 15.1. The van der Waals surface area contributed by atoms with Crippen LogP contribution < -0.4 is 10.1 Å². The fourth-order valence-corrected chi connectivity index (χ4v) is 2.74. The lowest BCUT2D eigenvalue weighted by atomic mass is 10.0. The molecule has 26 heavy (non-hydrogen) atoms. The van der Waals surface area contributed by atoms with Gasteiger partial charge in [0.05, 0.1) is 12.8 Å². The molecule has 1 aromatic carbocycles. The first-order chi connectivity index (χ1) is 12.6. The topological polar surface area (TPSA) is 77.2 Å². The van der Waals surface area contributed by atoms with E-state index >= 15 is 0 Å². The van der Waals surface area contributed by atoms with E-state index in [0.29, 0.717) is 35.9 Å². The Bertz CT molecular complexity index is 901. The van der Waals surface area contributed by atoms with E-state index in [-0.39, 0.29) is 5.91 Å². The molecule has 6 heteroatoms. The number of hydrogen-bond donors (Lipinski definition) is 1. The third kappa shape index (κ3) is 3.74. The summed E-state index contributed by atoms with van der Waals surface area (Å²) in [6.45, 7) is 4.24. The molecular formula is C20H21N3O3. The second kappa shape index (κ2) is 7.82. The maximum absolute atomic E-state index is 12.7. The number of rotatable bonds is 6. The number of methoxy groups -OCH3 is 1. The van der Waals surface area contributed by atoms with Crippen molar-refractivity contribution in [3.05, 3.63) is 65.0 Å². The van der Waals surface area contributed by atoms with Crippen LogP contribution in [-0.4, -0.2) is 29.7 Å². The molecule has 0 fully saturated rings. The number of aromatic nitrogens is 2. The van der Waals surface area contributed by atoms with Crippen LogP contribution in [0.3, 0.4) is 0 Å². The average Bonchev–Trinajstić information content (AvgIpc) is 3.04. The first kappa shape index (κ1) is 17.7. The van der Waals surface area contributed by atoms with Gasteiger partial charge in [0.2, 0.25) is 5.88 Å². The van der Waals surface area contributed by atoms with Crippen LogP contribution in [0.2, 0.25) is 0 Å². The third-order valence-electron chi connectivity index (χ3n) is 4.19. The van der Waals surface area contributed by atoms with E-state index in [1.54, 1.807) is 26.3 Å². The van der Waals surface area contributed by atoms with Gasteiger partial charge in [-0.25, -0.2) is 4.98 Å². The summed E-state index contributed by atoms with van der Waals surface area (Å²) in [6.07, 6.45) is 2.42. The minimum atomic E-state index is -0.191. The lowest BCUT2D eigenvalue weighted by Gasteiger charge is -2.07. The van der Waals surface area contributed by atoms with Crippen LogP contribution in [0.15, 0.2) is 47.1 Å². The van der Waals surface area contributed by atoms with Gasteiger partial charge in [-0.15, -0.1) is 0 Å². The Kier molecular flexibility index (Phi) is 5.31. The summed E-state index contributed by atoms with van der Waals surface area (Å²) in [5.41, 5.74) is 3.98. The highest BCUT2D eigenvalue weighted by Crippen LogP contribution is 2.28. The maximum Gasteiger partial charge on any atom is 0.257 e. The van der Waals surface area contributed by atoms with Gasteiger partial charge in [0, 0.05) is 24.4 Å². The summed E-state index contributed by atoms with van der Waals surface area (Å²) in [5, 5.41) is 6.92. The Morgan fingerprint density at radius 3 is 2.69 bits per heavy atom. The molecule has 1 amide bonds. The highest BCUT2D eigenvalue weighted by molar-refractivity contribution is 6.00. The summed E-state index contributed by atoms with van der Waals surface area (Å²) in [7, 11) is 1.58. The smallest absolute Gasteiger partial charge is 0.257 e. The molecule has 0 aliphatic rings. The number of benzene rings is 1. The normalized spacial score (nSPS) is 10.6. The second-order valence-corrected chi connectivity index (χ2v) is 6.00. The Morgan fingerprint density at radius 2 is 2.00 bits per heavy atom. The van der Waals surface area contributed by atoms with Crippen LogP contribution in [0.1, 0.15) is 27.2 Å². The summed E-state index contributed by atoms with van der Waals surface area (Å²) >= 11 is 0. The van der Waals surface area contributed by atoms with Crippen molar-refractivity contribution in [3.63, 3.8) is 0 Å². The molecule has 1 N–H and O–H groups in total. The van der Waals surface area contributed by atoms with E-state index in [9.17, 15) is 4.79 Å².